The zero-order valence-electron chi connectivity index (χ0n) is 25.7. The normalized spacial score (nSPS) is 22.8. The molecule has 6 rings (SSSR count). The largest absolute Gasteiger partial charge is 0.444 e. The van der Waals surface area contributed by atoms with Crippen LogP contribution in [0.25, 0.3) is 0 Å². The molecule has 3 fully saturated rings. The lowest BCUT2D eigenvalue weighted by molar-refractivity contribution is 0.140. The summed E-state index contributed by atoms with van der Waals surface area (Å²) in [5.41, 5.74) is 3.37. The molecule has 0 aromatic heterocycles. The summed E-state index contributed by atoms with van der Waals surface area (Å²) in [6, 6.07) is 21.8. The van der Waals surface area contributed by atoms with Crippen molar-refractivity contribution >= 4 is 35.1 Å². The van der Waals surface area contributed by atoms with Crippen LogP contribution in [0.4, 0.5) is 25.4 Å². The van der Waals surface area contributed by atoms with Crippen molar-refractivity contribution in [1.82, 2.24) is 14.7 Å². The molecular weight excluding hydrogens is 593 g/mol. The van der Waals surface area contributed by atoms with Crippen molar-refractivity contribution in [2.45, 2.75) is 43.7 Å². The molecule has 1 saturated heterocycles. The Morgan fingerprint density at radius 3 is 2.44 bits per heavy atom. The maximum absolute atomic E-state index is 13.8. The predicted octanol–water partition coefficient (Wildman–Crippen LogP) is 6.82. The van der Waals surface area contributed by atoms with Crippen molar-refractivity contribution in [3.8, 4) is 0 Å². The highest BCUT2D eigenvalue weighted by atomic mass is 35.5. The van der Waals surface area contributed by atoms with Crippen LogP contribution in [0, 0.1) is 11.7 Å². The minimum absolute atomic E-state index is 0.0149. The maximum atomic E-state index is 13.8. The number of piperazine rings is 1. The minimum Gasteiger partial charge on any atom is -0.444 e. The van der Waals surface area contributed by atoms with Crippen molar-refractivity contribution in [2.75, 3.05) is 56.9 Å². The standard InChI is InChI=1S/C35H41ClFN5O3/c1-40-18-20-41(21-19-40)16-5-17-42(33(43)38-28-12-13-31(37)30(36)22-28)32-14-15-35(23-29(32)35)26-8-10-27(11-9-26)39-34(44)45-24-25-6-3-2-4-7-25/h2-4,6-13,22,29,32H,5,14-21,23-24H2,1H3,(H,38,43)(H,39,44)/t29-,32-,35-/m1/s1. The molecule has 3 amide bonds. The maximum Gasteiger partial charge on any atom is 0.411 e. The average molecular weight is 634 g/mol. The van der Waals surface area contributed by atoms with Crippen molar-refractivity contribution in [3.05, 3.63) is 94.8 Å². The number of carbonyl (C=O) groups excluding carboxylic acids is 2. The first-order valence-corrected chi connectivity index (χ1v) is 16.2. The van der Waals surface area contributed by atoms with E-state index in [1.807, 2.05) is 47.4 Å². The van der Waals surface area contributed by atoms with Gasteiger partial charge in [-0.05, 0) is 86.7 Å². The summed E-state index contributed by atoms with van der Waals surface area (Å²) >= 11 is 6.00. The SMILES string of the molecule is CN1CCN(CCCN(C(=O)Nc2ccc(F)c(Cl)c2)[C@@H]2CC[C@]3(c4ccc(NC(=O)OCc5ccccc5)cc4)C[C@H]23)CC1. The summed E-state index contributed by atoms with van der Waals surface area (Å²) in [4.78, 5) is 32.9. The van der Waals surface area contributed by atoms with Crippen LogP contribution in [-0.2, 0) is 16.8 Å². The summed E-state index contributed by atoms with van der Waals surface area (Å²) in [6.45, 7) is 6.02. The topological polar surface area (TPSA) is 77.2 Å². The lowest BCUT2D eigenvalue weighted by Gasteiger charge is -2.34. The Morgan fingerprint density at radius 2 is 1.73 bits per heavy atom. The van der Waals surface area contributed by atoms with Gasteiger partial charge in [-0.1, -0.05) is 54.1 Å². The molecule has 10 heteroatoms. The van der Waals surface area contributed by atoms with Crippen LogP contribution in [-0.4, -0.2) is 79.2 Å². The van der Waals surface area contributed by atoms with Gasteiger partial charge in [0.05, 0.1) is 5.02 Å². The van der Waals surface area contributed by atoms with Gasteiger partial charge < -0.3 is 24.8 Å². The first-order valence-electron chi connectivity index (χ1n) is 15.8. The summed E-state index contributed by atoms with van der Waals surface area (Å²) in [5, 5.41) is 5.79. The molecule has 0 spiro atoms. The van der Waals surface area contributed by atoms with Gasteiger partial charge in [0.1, 0.15) is 12.4 Å². The highest BCUT2D eigenvalue weighted by molar-refractivity contribution is 6.31. The van der Waals surface area contributed by atoms with E-state index in [-0.39, 0.29) is 29.1 Å². The van der Waals surface area contributed by atoms with Gasteiger partial charge in [0.2, 0.25) is 0 Å². The monoisotopic (exact) mass is 633 g/mol. The molecule has 8 nitrogen and oxygen atoms in total. The number of urea groups is 1. The zero-order valence-corrected chi connectivity index (χ0v) is 26.4. The van der Waals surface area contributed by atoms with Crippen LogP contribution in [0.5, 0.6) is 0 Å². The number of hydrogen-bond acceptors (Lipinski definition) is 5. The third kappa shape index (κ3) is 7.43. The number of amides is 3. The average Bonchev–Trinajstić information content (AvgIpc) is 3.67. The number of hydrogen-bond donors (Lipinski definition) is 2. The molecule has 2 N–H and O–H groups in total. The van der Waals surface area contributed by atoms with Crippen molar-refractivity contribution in [1.29, 1.82) is 0 Å². The van der Waals surface area contributed by atoms with Gasteiger partial charge in [-0.25, -0.2) is 14.0 Å². The molecule has 0 radical (unpaired) electrons. The van der Waals surface area contributed by atoms with Crippen molar-refractivity contribution in [3.63, 3.8) is 0 Å². The molecule has 238 valence electrons. The smallest absolute Gasteiger partial charge is 0.411 e. The number of nitrogens with zero attached hydrogens (tertiary/aromatic N) is 3. The van der Waals surface area contributed by atoms with E-state index >= 15 is 0 Å². The van der Waals surface area contributed by atoms with E-state index in [4.69, 9.17) is 16.3 Å². The molecule has 1 heterocycles. The summed E-state index contributed by atoms with van der Waals surface area (Å²) in [6.07, 6.45) is 3.34. The molecule has 3 aliphatic rings. The molecule has 1 aliphatic heterocycles. The highest BCUT2D eigenvalue weighted by Gasteiger charge is 2.64. The van der Waals surface area contributed by atoms with Crippen LogP contribution in [0.3, 0.4) is 0 Å². The van der Waals surface area contributed by atoms with Crippen LogP contribution in [0.2, 0.25) is 5.02 Å². The van der Waals surface area contributed by atoms with E-state index in [1.165, 1.54) is 17.7 Å². The van der Waals surface area contributed by atoms with E-state index in [1.54, 1.807) is 6.07 Å². The molecule has 3 aromatic rings. The second kappa shape index (κ2) is 13.8. The van der Waals surface area contributed by atoms with E-state index in [9.17, 15) is 14.0 Å². The molecule has 3 atom stereocenters. The Balaban J connectivity index is 1.09. The zero-order chi connectivity index (χ0) is 31.4. The first-order chi connectivity index (χ1) is 21.8. The molecule has 2 aliphatic carbocycles. The number of halogens is 2. The van der Waals surface area contributed by atoms with Gasteiger partial charge in [0.25, 0.3) is 0 Å². The number of nitrogens with one attached hydrogen (secondary N) is 2. The fraction of sp³-hybridized carbons (Fsp3) is 0.429. The third-order valence-electron chi connectivity index (χ3n) is 9.70. The highest BCUT2D eigenvalue weighted by Crippen LogP contribution is 2.65. The lowest BCUT2D eigenvalue weighted by Crippen LogP contribution is -2.47. The fourth-order valence-electron chi connectivity index (χ4n) is 7.07. The summed E-state index contributed by atoms with van der Waals surface area (Å²) in [5.74, 6) is -0.152. The summed E-state index contributed by atoms with van der Waals surface area (Å²) in [7, 11) is 2.15. The number of ether oxygens (including phenoxy) is 1. The Hall–Kier alpha value is -3.66. The number of fused-ring (bicyclic) bond motifs is 1. The minimum atomic E-state index is -0.512. The Bertz CT molecular complexity index is 1480. The van der Waals surface area contributed by atoms with Gasteiger partial charge >= 0.3 is 12.1 Å². The predicted molar refractivity (Wildman–Crippen MR) is 175 cm³/mol. The molecule has 45 heavy (non-hydrogen) atoms. The quantitative estimate of drug-likeness (QED) is 0.256. The molecule has 0 unspecified atom stereocenters. The van der Waals surface area contributed by atoms with Gasteiger partial charge in [0, 0.05) is 55.6 Å². The van der Waals surface area contributed by atoms with Crippen LogP contribution in [0.15, 0.2) is 72.8 Å². The Labute approximate surface area is 269 Å². The van der Waals surface area contributed by atoms with E-state index in [0.29, 0.717) is 23.8 Å². The number of likely N-dealkylation sites (N-methyl/N-ethyl adjacent to an activating group) is 1. The van der Waals surface area contributed by atoms with Crippen LogP contribution < -0.4 is 10.6 Å². The molecule has 0 bridgehead atoms. The first kappa shape index (κ1) is 31.3. The molecule has 3 aromatic carbocycles. The number of anilines is 2. The fourth-order valence-corrected chi connectivity index (χ4v) is 7.25. The molecule has 2 saturated carbocycles. The van der Waals surface area contributed by atoms with E-state index in [2.05, 4.69) is 39.6 Å². The van der Waals surface area contributed by atoms with Crippen molar-refractivity contribution < 1.29 is 18.7 Å². The summed E-state index contributed by atoms with van der Waals surface area (Å²) < 4.78 is 19.1. The number of benzene rings is 3. The van der Waals surface area contributed by atoms with Gasteiger partial charge in [-0.3, -0.25) is 5.32 Å². The lowest BCUT2D eigenvalue weighted by atomic mass is 9.93. The second-order valence-electron chi connectivity index (χ2n) is 12.6. The Morgan fingerprint density at radius 1 is 1.00 bits per heavy atom. The van der Waals surface area contributed by atoms with E-state index < -0.39 is 11.9 Å². The van der Waals surface area contributed by atoms with Gasteiger partial charge in [-0.2, -0.15) is 0 Å². The third-order valence-corrected chi connectivity index (χ3v) is 9.99. The Kier molecular flexibility index (Phi) is 9.58. The van der Waals surface area contributed by atoms with Gasteiger partial charge in [-0.15, -0.1) is 0 Å². The van der Waals surface area contributed by atoms with E-state index in [0.717, 1.165) is 64.0 Å². The number of rotatable bonds is 10. The van der Waals surface area contributed by atoms with Gasteiger partial charge in [0.15, 0.2) is 0 Å². The molecular formula is C35H41ClFN5O3. The second-order valence-corrected chi connectivity index (χ2v) is 13.0. The van der Waals surface area contributed by atoms with Crippen molar-refractivity contribution in [2.24, 2.45) is 5.92 Å². The number of carbonyl (C=O) groups is 2. The van der Waals surface area contributed by atoms with Crippen LogP contribution >= 0.6 is 11.6 Å². The van der Waals surface area contributed by atoms with Crippen LogP contribution in [0.1, 0.15) is 36.8 Å².